The Bertz CT molecular complexity index is 754. The number of anilines is 1. The lowest BCUT2D eigenvalue weighted by molar-refractivity contribution is -0.385. The second-order valence-electron chi connectivity index (χ2n) is 5.36. The second-order valence-corrected chi connectivity index (χ2v) is 5.36. The van der Waals surface area contributed by atoms with Crippen molar-refractivity contribution in [1.82, 2.24) is 0 Å². The molecule has 2 rings (SSSR count). The van der Waals surface area contributed by atoms with Crippen LogP contribution in [-0.2, 0) is 0 Å². The summed E-state index contributed by atoms with van der Waals surface area (Å²) in [5, 5.41) is 11.0. The summed E-state index contributed by atoms with van der Waals surface area (Å²) in [7, 11) is 1.68. The van der Waals surface area contributed by atoms with E-state index in [-0.39, 0.29) is 11.6 Å². The van der Waals surface area contributed by atoms with Crippen LogP contribution in [0.4, 0.5) is 11.4 Å². The van der Waals surface area contributed by atoms with Gasteiger partial charge in [0.1, 0.15) is 0 Å². The van der Waals surface area contributed by atoms with E-state index in [4.69, 9.17) is 0 Å². The van der Waals surface area contributed by atoms with Crippen LogP contribution in [0, 0.1) is 30.9 Å². The Hall–Kier alpha value is -2.69. The summed E-state index contributed by atoms with van der Waals surface area (Å²) in [5.74, 6) is -0.255. The van der Waals surface area contributed by atoms with Crippen molar-refractivity contribution in [3.8, 4) is 0 Å². The van der Waals surface area contributed by atoms with Crippen molar-refractivity contribution in [1.29, 1.82) is 0 Å². The molecule has 0 spiro atoms. The van der Waals surface area contributed by atoms with E-state index in [9.17, 15) is 14.9 Å². The lowest BCUT2D eigenvalue weighted by Crippen LogP contribution is -2.27. The normalized spacial score (nSPS) is 10.4. The van der Waals surface area contributed by atoms with Crippen LogP contribution in [-0.4, -0.2) is 17.9 Å². The molecular weight excluding hydrogens is 280 g/mol. The number of hydrogen-bond donors (Lipinski definition) is 0. The fourth-order valence-corrected chi connectivity index (χ4v) is 2.42. The Morgan fingerprint density at radius 1 is 1.14 bits per heavy atom. The first-order valence-corrected chi connectivity index (χ1v) is 6.92. The minimum Gasteiger partial charge on any atom is -0.311 e. The van der Waals surface area contributed by atoms with Gasteiger partial charge in [0, 0.05) is 29.9 Å². The van der Waals surface area contributed by atoms with Gasteiger partial charge in [-0.15, -0.1) is 0 Å². The Balaban J connectivity index is 2.46. The zero-order valence-electron chi connectivity index (χ0n) is 13.1. The van der Waals surface area contributed by atoms with E-state index in [1.165, 1.54) is 17.0 Å². The number of nitro benzene ring substituents is 1. The van der Waals surface area contributed by atoms with Crippen LogP contribution in [0.5, 0.6) is 0 Å². The van der Waals surface area contributed by atoms with Crippen LogP contribution in [0.15, 0.2) is 36.4 Å². The van der Waals surface area contributed by atoms with Gasteiger partial charge in [0.25, 0.3) is 11.6 Å². The van der Waals surface area contributed by atoms with E-state index in [2.05, 4.69) is 0 Å². The van der Waals surface area contributed by atoms with Crippen molar-refractivity contribution in [2.24, 2.45) is 0 Å². The fourth-order valence-electron chi connectivity index (χ4n) is 2.42. The molecule has 0 saturated carbocycles. The monoisotopic (exact) mass is 298 g/mol. The first-order chi connectivity index (χ1) is 10.3. The number of nitrogens with zero attached hydrogens (tertiary/aromatic N) is 2. The van der Waals surface area contributed by atoms with E-state index in [1.54, 1.807) is 20.0 Å². The number of hydrogen-bond acceptors (Lipinski definition) is 3. The van der Waals surface area contributed by atoms with Crippen molar-refractivity contribution < 1.29 is 9.72 Å². The number of aryl methyl sites for hydroxylation is 2. The molecule has 0 aromatic heterocycles. The predicted molar refractivity (Wildman–Crippen MR) is 86.5 cm³/mol. The first-order valence-electron chi connectivity index (χ1n) is 6.92. The highest BCUT2D eigenvalue weighted by atomic mass is 16.6. The van der Waals surface area contributed by atoms with Crippen molar-refractivity contribution >= 4 is 17.3 Å². The predicted octanol–water partition coefficient (Wildman–Crippen LogP) is 3.80. The molecule has 0 aliphatic heterocycles. The van der Waals surface area contributed by atoms with E-state index in [0.717, 1.165) is 16.8 Å². The highest BCUT2D eigenvalue weighted by Gasteiger charge is 2.22. The maximum Gasteiger partial charge on any atom is 0.273 e. The summed E-state index contributed by atoms with van der Waals surface area (Å²) in [6, 6.07) is 10.4. The van der Waals surface area contributed by atoms with E-state index in [0.29, 0.717) is 11.1 Å². The average Bonchev–Trinajstić information content (AvgIpc) is 2.48. The molecule has 0 saturated heterocycles. The molecule has 2 aromatic carbocycles. The molecule has 0 atom stereocenters. The molecule has 0 aliphatic rings. The van der Waals surface area contributed by atoms with Gasteiger partial charge in [-0.3, -0.25) is 14.9 Å². The molecule has 0 N–H and O–H groups in total. The molecule has 0 fully saturated rings. The molecule has 22 heavy (non-hydrogen) atoms. The number of nitro groups is 1. The Morgan fingerprint density at radius 2 is 1.82 bits per heavy atom. The zero-order valence-corrected chi connectivity index (χ0v) is 13.1. The molecule has 114 valence electrons. The van der Waals surface area contributed by atoms with Gasteiger partial charge in [-0.1, -0.05) is 18.2 Å². The smallest absolute Gasteiger partial charge is 0.273 e. The van der Waals surface area contributed by atoms with E-state index < -0.39 is 4.92 Å². The second kappa shape index (κ2) is 5.97. The molecule has 0 aliphatic carbocycles. The van der Waals surface area contributed by atoms with E-state index >= 15 is 0 Å². The lowest BCUT2D eigenvalue weighted by atomic mass is 10.0. The summed E-state index contributed by atoms with van der Waals surface area (Å²) in [5.41, 5.74) is 3.52. The van der Waals surface area contributed by atoms with Crippen LogP contribution in [0.1, 0.15) is 27.0 Å². The topological polar surface area (TPSA) is 63.5 Å². The van der Waals surface area contributed by atoms with Crippen LogP contribution in [0.25, 0.3) is 0 Å². The molecular formula is C17H18N2O3. The Morgan fingerprint density at radius 3 is 2.45 bits per heavy atom. The SMILES string of the molecule is Cc1ccc(C)c(N(C)C(=O)c2cccc([N+](=O)[O-])c2C)c1. The largest absolute Gasteiger partial charge is 0.311 e. The zero-order chi connectivity index (χ0) is 16.4. The third-order valence-electron chi connectivity index (χ3n) is 3.76. The Labute approximate surface area is 129 Å². The summed E-state index contributed by atoms with van der Waals surface area (Å²) in [4.78, 5) is 24.8. The van der Waals surface area contributed by atoms with Gasteiger partial charge in [0.2, 0.25) is 0 Å². The Kier molecular flexibility index (Phi) is 4.26. The third kappa shape index (κ3) is 2.83. The first kappa shape index (κ1) is 15.7. The van der Waals surface area contributed by atoms with Crippen LogP contribution in [0.3, 0.4) is 0 Å². The van der Waals surface area contributed by atoms with Crippen molar-refractivity contribution in [2.75, 3.05) is 11.9 Å². The van der Waals surface area contributed by atoms with Gasteiger partial charge in [0.05, 0.1) is 4.92 Å². The summed E-state index contributed by atoms with van der Waals surface area (Å²) >= 11 is 0. The molecule has 1 amide bonds. The number of benzene rings is 2. The van der Waals surface area contributed by atoms with Gasteiger partial charge in [-0.05, 0) is 44.0 Å². The number of rotatable bonds is 3. The number of carbonyl (C=O) groups excluding carboxylic acids is 1. The number of carbonyl (C=O) groups is 1. The molecule has 0 radical (unpaired) electrons. The van der Waals surface area contributed by atoms with Gasteiger partial charge in [-0.2, -0.15) is 0 Å². The minimum atomic E-state index is -0.468. The molecule has 2 aromatic rings. The minimum absolute atomic E-state index is 0.0415. The molecule has 5 heteroatoms. The fraction of sp³-hybridized carbons (Fsp3) is 0.235. The van der Waals surface area contributed by atoms with Crippen molar-refractivity contribution in [3.05, 3.63) is 68.8 Å². The maximum atomic E-state index is 12.7. The van der Waals surface area contributed by atoms with Crippen molar-refractivity contribution in [2.45, 2.75) is 20.8 Å². The van der Waals surface area contributed by atoms with E-state index in [1.807, 2.05) is 32.0 Å². The summed E-state index contributed by atoms with van der Waals surface area (Å²) < 4.78 is 0. The van der Waals surface area contributed by atoms with Gasteiger partial charge in [0.15, 0.2) is 0 Å². The lowest BCUT2D eigenvalue weighted by Gasteiger charge is -2.21. The van der Waals surface area contributed by atoms with Gasteiger partial charge in [-0.25, -0.2) is 0 Å². The van der Waals surface area contributed by atoms with Gasteiger partial charge < -0.3 is 4.90 Å². The molecule has 0 bridgehead atoms. The molecule has 0 heterocycles. The van der Waals surface area contributed by atoms with Crippen LogP contribution < -0.4 is 4.90 Å². The van der Waals surface area contributed by atoms with Gasteiger partial charge >= 0.3 is 0 Å². The highest BCUT2D eigenvalue weighted by molar-refractivity contribution is 6.07. The quantitative estimate of drug-likeness (QED) is 0.639. The summed E-state index contributed by atoms with van der Waals surface area (Å²) in [6.45, 7) is 5.49. The number of amides is 1. The standard InChI is InChI=1S/C17H18N2O3/c1-11-8-9-12(2)16(10-11)18(4)17(20)14-6-5-7-15(13(14)3)19(21)22/h5-10H,1-4H3. The maximum absolute atomic E-state index is 12.7. The highest BCUT2D eigenvalue weighted by Crippen LogP contribution is 2.26. The molecule has 0 unspecified atom stereocenters. The average molecular weight is 298 g/mol. The molecule has 5 nitrogen and oxygen atoms in total. The van der Waals surface area contributed by atoms with Crippen LogP contribution >= 0.6 is 0 Å². The third-order valence-corrected chi connectivity index (χ3v) is 3.76. The van der Waals surface area contributed by atoms with Crippen LogP contribution in [0.2, 0.25) is 0 Å². The summed E-state index contributed by atoms with van der Waals surface area (Å²) in [6.07, 6.45) is 0. The van der Waals surface area contributed by atoms with Crippen molar-refractivity contribution in [3.63, 3.8) is 0 Å².